The fourth-order valence-corrected chi connectivity index (χ4v) is 4.72. The molecule has 0 spiro atoms. The second-order valence-electron chi connectivity index (χ2n) is 6.41. The Balaban J connectivity index is 1.72. The average Bonchev–Trinajstić information content (AvgIpc) is 2.61. The fraction of sp³-hybridized carbons (Fsp3) is 0.316. The van der Waals surface area contributed by atoms with Crippen LogP contribution in [0.2, 0.25) is 0 Å². The molecule has 1 aliphatic heterocycles. The SMILES string of the molecule is Cc1cc(C(=O)NCc2ccc(F)cc2)ccc1N1CCCCS1(=O)=O. The summed E-state index contributed by atoms with van der Waals surface area (Å²) in [5.41, 5.74) is 2.62. The van der Waals surface area contributed by atoms with Gasteiger partial charge in [0.1, 0.15) is 5.82 Å². The molecule has 0 aliphatic carbocycles. The van der Waals surface area contributed by atoms with E-state index in [1.807, 2.05) is 0 Å². The number of aryl methyl sites for hydroxylation is 1. The predicted octanol–water partition coefficient (Wildman–Crippen LogP) is 2.99. The lowest BCUT2D eigenvalue weighted by Crippen LogP contribution is -2.38. The molecule has 0 aromatic heterocycles. The first-order valence-electron chi connectivity index (χ1n) is 8.50. The maximum Gasteiger partial charge on any atom is 0.251 e. The molecule has 26 heavy (non-hydrogen) atoms. The molecule has 0 saturated carbocycles. The first-order valence-corrected chi connectivity index (χ1v) is 10.1. The summed E-state index contributed by atoms with van der Waals surface area (Å²) in [4.78, 5) is 12.3. The van der Waals surface area contributed by atoms with Crippen LogP contribution in [0.4, 0.5) is 10.1 Å². The van der Waals surface area contributed by atoms with E-state index in [1.165, 1.54) is 16.4 Å². The van der Waals surface area contributed by atoms with Gasteiger partial charge in [-0.15, -0.1) is 0 Å². The molecule has 3 rings (SSSR count). The number of rotatable bonds is 4. The van der Waals surface area contributed by atoms with Crippen molar-refractivity contribution in [3.63, 3.8) is 0 Å². The van der Waals surface area contributed by atoms with Crippen molar-refractivity contribution in [2.45, 2.75) is 26.3 Å². The molecule has 0 radical (unpaired) electrons. The van der Waals surface area contributed by atoms with Gasteiger partial charge in [-0.1, -0.05) is 12.1 Å². The van der Waals surface area contributed by atoms with Crippen LogP contribution in [0.15, 0.2) is 42.5 Å². The lowest BCUT2D eigenvalue weighted by atomic mass is 10.1. The Bertz CT molecular complexity index is 911. The number of anilines is 1. The van der Waals surface area contributed by atoms with Crippen LogP contribution in [-0.2, 0) is 16.6 Å². The molecular weight excluding hydrogens is 355 g/mol. The highest BCUT2D eigenvalue weighted by molar-refractivity contribution is 7.92. The Hall–Kier alpha value is -2.41. The van der Waals surface area contributed by atoms with E-state index >= 15 is 0 Å². The van der Waals surface area contributed by atoms with Gasteiger partial charge in [0, 0.05) is 18.7 Å². The minimum atomic E-state index is -3.28. The third-order valence-corrected chi connectivity index (χ3v) is 6.30. The largest absolute Gasteiger partial charge is 0.348 e. The molecule has 2 aromatic carbocycles. The van der Waals surface area contributed by atoms with Crippen molar-refractivity contribution in [3.8, 4) is 0 Å². The van der Waals surface area contributed by atoms with Gasteiger partial charge in [-0.05, 0) is 61.2 Å². The molecule has 7 heteroatoms. The molecular formula is C19H21FN2O3S. The van der Waals surface area contributed by atoms with Crippen molar-refractivity contribution in [3.05, 3.63) is 65.0 Å². The van der Waals surface area contributed by atoms with E-state index in [-0.39, 0.29) is 17.5 Å². The van der Waals surface area contributed by atoms with Crippen LogP contribution in [0.25, 0.3) is 0 Å². The van der Waals surface area contributed by atoms with Gasteiger partial charge < -0.3 is 5.32 Å². The van der Waals surface area contributed by atoms with Crippen molar-refractivity contribution >= 4 is 21.6 Å². The summed E-state index contributed by atoms with van der Waals surface area (Å²) in [5.74, 6) is -0.420. The number of sulfonamides is 1. The molecule has 1 aliphatic rings. The van der Waals surface area contributed by atoms with E-state index < -0.39 is 10.0 Å². The van der Waals surface area contributed by atoms with Gasteiger partial charge >= 0.3 is 0 Å². The van der Waals surface area contributed by atoms with Gasteiger partial charge in [0.05, 0.1) is 11.4 Å². The maximum absolute atomic E-state index is 12.9. The monoisotopic (exact) mass is 376 g/mol. The standard InChI is InChI=1S/C19H21FN2O3S/c1-14-12-16(19(23)21-13-15-4-7-17(20)8-5-15)6-9-18(14)22-10-2-3-11-26(22,24)25/h4-9,12H,2-3,10-11,13H2,1H3,(H,21,23). The van der Waals surface area contributed by atoms with Crippen LogP contribution in [0.3, 0.4) is 0 Å². The summed E-state index contributed by atoms with van der Waals surface area (Å²) in [5, 5.41) is 2.78. The Labute approximate surface area is 152 Å². The number of hydrogen-bond donors (Lipinski definition) is 1. The number of nitrogens with one attached hydrogen (secondary N) is 1. The van der Waals surface area contributed by atoms with Crippen LogP contribution >= 0.6 is 0 Å². The second-order valence-corrected chi connectivity index (χ2v) is 8.42. The van der Waals surface area contributed by atoms with Gasteiger partial charge in [-0.3, -0.25) is 9.10 Å². The molecule has 1 fully saturated rings. The minimum Gasteiger partial charge on any atom is -0.348 e. The van der Waals surface area contributed by atoms with Gasteiger partial charge in [0.15, 0.2) is 0 Å². The zero-order valence-corrected chi connectivity index (χ0v) is 15.4. The first kappa shape index (κ1) is 18.4. The zero-order valence-electron chi connectivity index (χ0n) is 14.5. The second kappa shape index (κ2) is 7.45. The van der Waals surface area contributed by atoms with Crippen molar-refractivity contribution in [1.82, 2.24) is 5.32 Å². The minimum absolute atomic E-state index is 0.159. The van der Waals surface area contributed by atoms with E-state index in [1.54, 1.807) is 37.3 Å². The van der Waals surface area contributed by atoms with E-state index in [0.29, 0.717) is 30.8 Å². The lowest BCUT2D eigenvalue weighted by molar-refractivity contribution is 0.0951. The number of nitrogens with zero attached hydrogens (tertiary/aromatic N) is 1. The number of benzene rings is 2. The third-order valence-electron chi connectivity index (χ3n) is 4.44. The highest BCUT2D eigenvalue weighted by Gasteiger charge is 2.27. The van der Waals surface area contributed by atoms with E-state index in [4.69, 9.17) is 0 Å². The van der Waals surface area contributed by atoms with E-state index in [2.05, 4.69) is 5.32 Å². The van der Waals surface area contributed by atoms with Crippen LogP contribution < -0.4 is 9.62 Å². The number of amides is 1. The van der Waals surface area contributed by atoms with Crippen molar-refractivity contribution in [1.29, 1.82) is 0 Å². The smallest absolute Gasteiger partial charge is 0.251 e. The Morgan fingerprint density at radius 3 is 2.54 bits per heavy atom. The molecule has 1 saturated heterocycles. The quantitative estimate of drug-likeness (QED) is 0.892. The van der Waals surface area contributed by atoms with Crippen LogP contribution in [-0.4, -0.2) is 26.6 Å². The average molecular weight is 376 g/mol. The molecule has 1 heterocycles. The van der Waals surface area contributed by atoms with E-state index in [0.717, 1.165) is 17.5 Å². The molecule has 2 aromatic rings. The summed E-state index contributed by atoms with van der Waals surface area (Å²) >= 11 is 0. The predicted molar refractivity (Wildman–Crippen MR) is 99.1 cm³/mol. The van der Waals surface area contributed by atoms with Crippen LogP contribution in [0.5, 0.6) is 0 Å². The summed E-state index contributed by atoms with van der Waals surface area (Å²) in [6, 6.07) is 10.9. The highest BCUT2D eigenvalue weighted by Crippen LogP contribution is 2.27. The summed E-state index contributed by atoms with van der Waals surface area (Å²) in [6.07, 6.45) is 1.51. The third kappa shape index (κ3) is 4.04. The molecule has 1 amide bonds. The van der Waals surface area contributed by atoms with Gasteiger partial charge in [-0.2, -0.15) is 0 Å². The topological polar surface area (TPSA) is 66.5 Å². The van der Waals surface area contributed by atoms with E-state index in [9.17, 15) is 17.6 Å². The molecule has 0 atom stereocenters. The van der Waals surface area contributed by atoms with Gasteiger partial charge in [0.2, 0.25) is 10.0 Å². The number of carbonyl (C=O) groups is 1. The van der Waals surface area contributed by atoms with Gasteiger partial charge in [0.25, 0.3) is 5.91 Å². The van der Waals surface area contributed by atoms with Crippen molar-refractivity contribution in [2.24, 2.45) is 0 Å². The van der Waals surface area contributed by atoms with Crippen molar-refractivity contribution < 1.29 is 17.6 Å². The maximum atomic E-state index is 12.9. The Kier molecular flexibility index (Phi) is 5.27. The molecule has 5 nitrogen and oxygen atoms in total. The highest BCUT2D eigenvalue weighted by atomic mass is 32.2. The first-order chi connectivity index (χ1) is 12.4. The molecule has 1 N–H and O–H groups in total. The Morgan fingerprint density at radius 2 is 1.88 bits per heavy atom. The van der Waals surface area contributed by atoms with Crippen LogP contribution in [0.1, 0.15) is 34.3 Å². The van der Waals surface area contributed by atoms with Crippen LogP contribution in [0, 0.1) is 12.7 Å². The summed E-state index contributed by atoms with van der Waals surface area (Å²) in [6.45, 7) is 2.57. The number of hydrogen-bond acceptors (Lipinski definition) is 3. The van der Waals surface area contributed by atoms with Gasteiger partial charge in [-0.25, -0.2) is 12.8 Å². The summed E-state index contributed by atoms with van der Waals surface area (Å²) < 4.78 is 38.9. The molecule has 0 bridgehead atoms. The normalized spacial score (nSPS) is 16.3. The molecule has 0 unspecified atom stereocenters. The fourth-order valence-electron chi connectivity index (χ4n) is 3.02. The Morgan fingerprint density at radius 1 is 1.15 bits per heavy atom. The zero-order chi connectivity index (χ0) is 18.7. The molecule has 138 valence electrons. The lowest BCUT2D eigenvalue weighted by Gasteiger charge is -2.29. The summed E-state index contributed by atoms with van der Waals surface area (Å²) in [7, 11) is -3.28. The van der Waals surface area contributed by atoms with Crippen molar-refractivity contribution in [2.75, 3.05) is 16.6 Å². The number of halogens is 1. The number of carbonyl (C=O) groups excluding carboxylic acids is 1.